The van der Waals surface area contributed by atoms with E-state index < -0.39 is 0 Å². The van der Waals surface area contributed by atoms with Gasteiger partial charge < -0.3 is 14.7 Å². The first-order chi connectivity index (χ1) is 12.2. The lowest BCUT2D eigenvalue weighted by Crippen LogP contribution is -2.52. The first kappa shape index (κ1) is 16.1. The largest absolute Gasteiger partial charge is 0.338 e. The summed E-state index contributed by atoms with van der Waals surface area (Å²) in [4.78, 5) is 20.8. The van der Waals surface area contributed by atoms with Crippen molar-refractivity contribution in [2.75, 3.05) is 26.2 Å². The Labute approximate surface area is 147 Å². The molecule has 1 saturated carbocycles. The van der Waals surface area contributed by atoms with E-state index in [1.165, 1.54) is 5.56 Å². The summed E-state index contributed by atoms with van der Waals surface area (Å²) in [6.07, 6.45) is 1.03. The van der Waals surface area contributed by atoms with Crippen LogP contribution in [0.3, 0.4) is 0 Å². The van der Waals surface area contributed by atoms with Crippen LogP contribution in [0.4, 0.5) is 4.79 Å². The third kappa shape index (κ3) is 3.82. The molecule has 2 aromatic rings. The fraction of sp³-hybridized carbons (Fsp3) is 0.500. The zero-order valence-electron chi connectivity index (χ0n) is 14.4. The maximum atomic E-state index is 12.4. The lowest BCUT2D eigenvalue weighted by molar-refractivity contribution is 0.126. The molecule has 2 amide bonds. The minimum atomic E-state index is 0.0525. The number of aromatic nitrogens is 2. The molecular formula is C18H23N5O2. The minimum Gasteiger partial charge on any atom is -0.338 e. The zero-order valence-corrected chi connectivity index (χ0v) is 14.4. The quantitative estimate of drug-likeness (QED) is 0.917. The summed E-state index contributed by atoms with van der Waals surface area (Å²) in [5.41, 5.74) is 1.31. The average Bonchev–Trinajstić information content (AvgIpc) is 3.28. The van der Waals surface area contributed by atoms with Crippen LogP contribution in [-0.2, 0) is 6.54 Å². The van der Waals surface area contributed by atoms with Crippen molar-refractivity contribution in [2.24, 2.45) is 0 Å². The van der Waals surface area contributed by atoms with Crippen molar-refractivity contribution in [3.8, 4) is 0 Å². The summed E-state index contributed by atoms with van der Waals surface area (Å²) in [5.74, 6) is 1.76. The normalized spacial score (nSPS) is 23.5. The highest BCUT2D eigenvalue weighted by atomic mass is 16.5. The standard InChI is InChI=1S/C18H23N5O2/c1-13-19-17(25-21-13)12-22-7-9-23(10-8-22)18(24)20-16-11-15(16)14-5-3-2-4-6-14/h2-6,15-16H,7-12H2,1H3,(H,20,24)/t15-,16+/m1/s1. The number of urea groups is 1. The number of carbonyl (C=O) groups excluding carboxylic acids is 1. The Morgan fingerprint density at radius 1 is 1.24 bits per heavy atom. The number of aryl methyl sites for hydroxylation is 1. The number of hydrogen-bond acceptors (Lipinski definition) is 5. The van der Waals surface area contributed by atoms with Gasteiger partial charge >= 0.3 is 6.03 Å². The molecular weight excluding hydrogens is 318 g/mol. The number of benzene rings is 1. The second kappa shape index (κ2) is 6.84. The molecule has 1 saturated heterocycles. The Morgan fingerprint density at radius 3 is 2.68 bits per heavy atom. The topological polar surface area (TPSA) is 74.5 Å². The van der Waals surface area contributed by atoms with Gasteiger partial charge in [-0.2, -0.15) is 4.98 Å². The molecule has 1 aliphatic carbocycles. The van der Waals surface area contributed by atoms with Crippen LogP contribution in [0, 0.1) is 6.92 Å². The number of piperazine rings is 1. The molecule has 2 fully saturated rings. The van der Waals surface area contributed by atoms with Crippen molar-refractivity contribution >= 4 is 6.03 Å². The lowest BCUT2D eigenvalue weighted by Gasteiger charge is -2.34. The fourth-order valence-electron chi connectivity index (χ4n) is 3.38. The molecule has 2 heterocycles. The molecule has 1 aromatic heterocycles. The van der Waals surface area contributed by atoms with Gasteiger partial charge in [-0.15, -0.1) is 0 Å². The average molecular weight is 341 g/mol. The zero-order chi connectivity index (χ0) is 17.2. The van der Waals surface area contributed by atoms with Crippen molar-refractivity contribution in [3.63, 3.8) is 0 Å². The second-order valence-corrected chi connectivity index (χ2v) is 6.81. The molecule has 4 rings (SSSR count). The highest BCUT2D eigenvalue weighted by Crippen LogP contribution is 2.40. The molecule has 1 N–H and O–H groups in total. The number of carbonyl (C=O) groups is 1. The summed E-state index contributed by atoms with van der Waals surface area (Å²) in [7, 11) is 0. The van der Waals surface area contributed by atoms with E-state index in [2.05, 4.69) is 44.6 Å². The smallest absolute Gasteiger partial charge is 0.317 e. The Kier molecular flexibility index (Phi) is 4.40. The number of rotatable bonds is 4. The first-order valence-electron chi connectivity index (χ1n) is 8.81. The third-order valence-corrected chi connectivity index (χ3v) is 4.92. The fourth-order valence-corrected chi connectivity index (χ4v) is 3.38. The van der Waals surface area contributed by atoms with Gasteiger partial charge in [-0.1, -0.05) is 35.5 Å². The van der Waals surface area contributed by atoms with Gasteiger partial charge in [0.2, 0.25) is 5.89 Å². The van der Waals surface area contributed by atoms with Crippen LogP contribution in [0.2, 0.25) is 0 Å². The Morgan fingerprint density at radius 2 is 2.00 bits per heavy atom. The summed E-state index contributed by atoms with van der Waals surface area (Å²) in [5, 5.41) is 6.98. The molecule has 7 heteroatoms. The molecule has 0 bridgehead atoms. The summed E-state index contributed by atoms with van der Waals surface area (Å²) < 4.78 is 5.16. The van der Waals surface area contributed by atoms with E-state index in [0.29, 0.717) is 24.2 Å². The second-order valence-electron chi connectivity index (χ2n) is 6.81. The van der Waals surface area contributed by atoms with E-state index in [4.69, 9.17) is 4.52 Å². The molecule has 2 aliphatic rings. The molecule has 0 spiro atoms. The van der Waals surface area contributed by atoms with Crippen LogP contribution in [0.15, 0.2) is 34.9 Å². The van der Waals surface area contributed by atoms with E-state index in [1.54, 1.807) is 0 Å². The van der Waals surface area contributed by atoms with E-state index in [0.717, 1.165) is 32.6 Å². The monoisotopic (exact) mass is 341 g/mol. The van der Waals surface area contributed by atoms with Crippen molar-refractivity contribution in [1.82, 2.24) is 25.3 Å². The predicted molar refractivity (Wildman–Crippen MR) is 92.0 cm³/mol. The number of nitrogens with one attached hydrogen (secondary N) is 1. The van der Waals surface area contributed by atoms with Gasteiger partial charge in [0.25, 0.3) is 0 Å². The Balaban J connectivity index is 1.22. The van der Waals surface area contributed by atoms with E-state index in [-0.39, 0.29) is 12.1 Å². The highest BCUT2D eigenvalue weighted by molar-refractivity contribution is 5.75. The number of amides is 2. The predicted octanol–water partition coefficient (Wildman–Crippen LogP) is 1.76. The van der Waals surface area contributed by atoms with Gasteiger partial charge in [0.1, 0.15) is 0 Å². The van der Waals surface area contributed by atoms with Gasteiger partial charge in [-0.25, -0.2) is 4.79 Å². The van der Waals surface area contributed by atoms with Crippen molar-refractivity contribution in [1.29, 1.82) is 0 Å². The molecule has 7 nitrogen and oxygen atoms in total. The van der Waals surface area contributed by atoms with Gasteiger partial charge in [-0.05, 0) is 18.9 Å². The SMILES string of the molecule is Cc1noc(CN2CCN(C(=O)N[C@H]3C[C@@H]3c3ccccc3)CC2)n1. The summed E-state index contributed by atoms with van der Waals surface area (Å²) in [6, 6.07) is 10.7. The molecule has 132 valence electrons. The summed E-state index contributed by atoms with van der Waals surface area (Å²) in [6.45, 7) is 5.55. The highest BCUT2D eigenvalue weighted by Gasteiger charge is 2.40. The maximum absolute atomic E-state index is 12.4. The molecule has 1 aromatic carbocycles. The van der Waals surface area contributed by atoms with E-state index >= 15 is 0 Å². The van der Waals surface area contributed by atoms with Crippen LogP contribution >= 0.6 is 0 Å². The van der Waals surface area contributed by atoms with Crippen LogP contribution in [0.1, 0.15) is 29.6 Å². The Hall–Kier alpha value is -2.41. The summed E-state index contributed by atoms with van der Waals surface area (Å²) >= 11 is 0. The van der Waals surface area contributed by atoms with E-state index in [9.17, 15) is 4.79 Å². The van der Waals surface area contributed by atoms with Crippen LogP contribution < -0.4 is 5.32 Å². The maximum Gasteiger partial charge on any atom is 0.317 e. The number of hydrogen-bond donors (Lipinski definition) is 1. The van der Waals surface area contributed by atoms with E-state index in [1.807, 2.05) is 17.9 Å². The van der Waals surface area contributed by atoms with Gasteiger partial charge in [0.15, 0.2) is 5.82 Å². The van der Waals surface area contributed by atoms with Crippen molar-refractivity contribution in [2.45, 2.75) is 31.8 Å². The van der Waals surface area contributed by atoms with Crippen molar-refractivity contribution < 1.29 is 9.32 Å². The van der Waals surface area contributed by atoms with Crippen LogP contribution in [0.5, 0.6) is 0 Å². The minimum absolute atomic E-state index is 0.0525. The van der Waals surface area contributed by atoms with Gasteiger partial charge in [0, 0.05) is 38.1 Å². The molecule has 0 unspecified atom stereocenters. The van der Waals surface area contributed by atoms with Crippen molar-refractivity contribution in [3.05, 3.63) is 47.6 Å². The first-order valence-corrected chi connectivity index (χ1v) is 8.81. The molecule has 1 aliphatic heterocycles. The van der Waals surface area contributed by atoms with Crippen LogP contribution in [-0.4, -0.2) is 58.2 Å². The lowest BCUT2D eigenvalue weighted by atomic mass is 10.1. The van der Waals surface area contributed by atoms with Crippen LogP contribution in [0.25, 0.3) is 0 Å². The molecule has 2 atom stereocenters. The van der Waals surface area contributed by atoms with Gasteiger partial charge in [-0.3, -0.25) is 4.90 Å². The molecule has 0 radical (unpaired) electrons. The number of nitrogens with zero attached hydrogens (tertiary/aromatic N) is 4. The molecule has 25 heavy (non-hydrogen) atoms. The van der Waals surface area contributed by atoms with Gasteiger partial charge in [0.05, 0.1) is 6.54 Å². The third-order valence-electron chi connectivity index (χ3n) is 4.92. The Bertz CT molecular complexity index is 724.